The molecule has 0 fully saturated rings. The Labute approximate surface area is 114 Å². The van der Waals surface area contributed by atoms with E-state index in [9.17, 15) is 8.78 Å². The fraction of sp³-hybridized carbons (Fsp3) is 0.600. The van der Waals surface area contributed by atoms with Crippen molar-refractivity contribution in [2.24, 2.45) is 11.7 Å². The standard InChI is InChI=1S/C15H24F2N2/c1-10(2)8-19(11(3)4)9-15(18)13-7-12(16)5-6-14(13)17/h5-7,10-11,15H,8-9,18H2,1-4H3. The molecule has 2 N–H and O–H groups in total. The molecule has 0 aromatic heterocycles. The van der Waals surface area contributed by atoms with Crippen molar-refractivity contribution in [3.63, 3.8) is 0 Å². The second-order valence-electron chi connectivity index (χ2n) is 5.71. The van der Waals surface area contributed by atoms with Crippen LogP contribution in [-0.2, 0) is 0 Å². The van der Waals surface area contributed by atoms with Crippen molar-refractivity contribution < 1.29 is 8.78 Å². The van der Waals surface area contributed by atoms with Crippen LogP contribution in [0.1, 0.15) is 39.3 Å². The first-order valence-corrected chi connectivity index (χ1v) is 6.75. The van der Waals surface area contributed by atoms with Crippen LogP contribution in [0.3, 0.4) is 0 Å². The molecule has 0 aliphatic rings. The van der Waals surface area contributed by atoms with Crippen LogP contribution >= 0.6 is 0 Å². The third-order valence-corrected chi connectivity index (χ3v) is 3.12. The van der Waals surface area contributed by atoms with E-state index >= 15 is 0 Å². The number of nitrogens with zero attached hydrogens (tertiary/aromatic N) is 1. The maximum atomic E-state index is 13.7. The summed E-state index contributed by atoms with van der Waals surface area (Å²) in [7, 11) is 0. The van der Waals surface area contributed by atoms with E-state index in [1.807, 2.05) is 0 Å². The number of rotatable bonds is 6. The molecular formula is C15H24F2N2. The van der Waals surface area contributed by atoms with Crippen LogP contribution in [0.15, 0.2) is 18.2 Å². The summed E-state index contributed by atoms with van der Waals surface area (Å²) in [5, 5.41) is 0. The van der Waals surface area contributed by atoms with E-state index in [2.05, 4.69) is 32.6 Å². The van der Waals surface area contributed by atoms with Crippen molar-refractivity contribution in [3.8, 4) is 0 Å². The minimum absolute atomic E-state index is 0.245. The summed E-state index contributed by atoms with van der Waals surface area (Å²) in [6.45, 7) is 9.83. The number of hydrogen-bond acceptors (Lipinski definition) is 2. The Morgan fingerprint density at radius 2 is 1.74 bits per heavy atom. The van der Waals surface area contributed by atoms with Crippen LogP contribution in [-0.4, -0.2) is 24.0 Å². The van der Waals surface area contributed by atoms with Crippen molar-refractivity contribution in [3.05, 3.63) is 35.4 Å². The Kier molecular flexibility index (Phi) is 5.88. The van der Waals surface area contributed by atoms with E-state index in [1.54, 1.807) is 0 Å². The maximum absolute atomic E-state index is 13.7. The summed E-state index contributed by atoms with van der Waals surface area (Å²) < 4.78 is 26.8. The summed E-state index contributed by atoms with van der Waals surface area (Å²) in [6, 6.07) is 3.24. The zero-order valence-electron chi connectivity index (χ0n) is 12.2. The van der Waals surface area contributed by atoms with Gasteiger partial charge >= 0.3 is 0 Å². The molecule has 1 rings (SSSR count). The lowest BCUT2D eigenvalue weighted by molar-refractivity contribution is 0.185. The highest BCUT2D eigenvalue weighted by molar-refractivity contribution is 5.22. The zero-order chi connectivity index (χ0) is 14.6. The molecule has 2 nitrogen and oxygen atoms in total. The minimum Gasteiger partial charge on any atom is -0.323 e. The smallest absolute Gasteiger partial charge is 0.128 e. The van der Waals surface area contributed by atoms with Gasteiger partial charge in [-0.3, -0.25) is 4.90 Å². The zero-order valence-corrected chi connectivity index (χ0v) is 12.2. The minimum atomic E-state index is -0.517. The van der Waals surface area contributed by atoms with Gasteiger partial charge in [0.2, 0.25) is 0 Å². The van der Waals surface area contributed by atoms with Crippen LogP contribution in [0.25, 0.3) is 0 Å². The van der Waals surface area contributed by atoms with E-state index in [1.165, 1.54) is 6.07 Å². The van der Waals surface area contributed by atoms with E-state index in [4.69, 9.17) is 5.73 Å². The van der Waals surface area contributed by atoms with Gasteiger partial charge in [-0.25, -0.2) is 8.78 Å². The summed E-state index contributed by atoms with van der Waals surface area (Å²) in [5.74, 6) is -0.388. The lowest BCUT2D eigenvalue weighted by Gasteiger charge is -2.31. The van der Waals surface area contributed by atoms with Gasteiger partial charge in [0, 0.05) is 30.7 Å². The maximum Gasteiger partial charge on any atom is 0.128 e. The lowest BCUT2D eigenvalue weighted by Crippen LogP contribution is -2.39. The molecule has 1 atom stereocenters. The number of nitrogens with two attached hydrogens (primary N) is 1. The summed E-state index contributed by atoms with van der Waals surface area (Å²) >= 11 is 0. The predicted octanol–water partition coefficient (Wildman–Crippen LogP) is 3.33. The Morgan fingerprint density at radius 1 is 1.11 bits per heavy atom. The van der Waals surface area contributed by atoms with Crippen molar-refractivity contribution in [2.45, 2.75) is 39.8 Å². The largest absolute Gasteiger partial charge is 0.323 e. The Morgan fingerprint density at radius 3 is 2.26 bits per heavy atom. The van der Waals surface area contributed by atoms with Gasteiger partial charge < -0.3 is 5.73 Å². The molecule has 4 heteroatoms. The monoisotopic (exact) mass is 270 g/mol. The highest BCUT2D eigenvalue weighted by Crippen LogP contribution is 2.19. The number of hydrogen-bond donors (Lipinski definition) is 1. The van der Waals surface area contributed by atoms with Gasteiger partial charge in [-0.05, 0) is 38.0 Å². The van der Waals surface area contributed by atoms with E-state index < -0.39 is 17.7 Å². The van der Waals surface area contributed by atoms with Crippen LogP contribution in [0.4, 0.5) is 8.78 Å². The molecule has 0 radical (unpaired) electrons. The molecule has 0 aliphatic carbocycles. The van der Waals surface area contributed by atoms with Crippen molar-refractivity contribution in [1.82, 2.24) is 4.90 Å². The third kappa shape index (κ3) is 4.88. The van der Waals surface area contributed by atoms with Gasteiger partial charge in [0.25, 0.3) is 0 Å². The normalized spacial score (nSPS) is 13.6. The van der Waals surface area contributed by atoms with Crippen LogP contribution in [0, 0.1) is 17.6 Å². The molecule has 0 aliphatic heterocycles. The average molecular weight is 270 g/mol. The first kappa shape index (κ1) is 16.1. The van der Waals surface area contributed by atoms with E-state index in [0.717, 1.165) is 18.7 Å². The Hall–Kier alpha value is -1.00. The molecule has 0 saturated heterocycles. The predicted molar refractivity (Wildman–Crippen MR) is 74.8 cm³/mol. The van der Waals surface area contributed by atoms with Gasteiger partial charge in [0.15, 0.2) is 0 Å². The van der Waals surface area contributed by atoms with Crippen LogP contribution in [0.5, 0.6) is 0 Å². The molecule has 1 aromatic carbocycles. The molecule has 0 spiro atoms. The fourth-order valence-corrected chi connectivity index (χ4v) is 2.11. The molecule has 1 unspecified atom stereocenters. The van der Waals surface area contributed by atoms with Gasteiger partial charge in [0.05, 0.1) is 0 Å². The summed E-state index contributed by atoms with van der Waals surface area (Å²) in [4.78, 5) is 2.19. The number of halogens is 2. The van der Waals surface area contributed by atoms with Crippen molar-refractivity contribution >= 4 is 0 Å². The highest BCUT2D eigenvalue weighted by atomic mass is 19.1. The molecule has 0 saturated carbocycles. The molecule has 0 heterocycles. The van der Waals surface area contributed by atoms with Crippen molar-refractivity contribution in [1.29, 1.82) is 0 Å². The highest BCUT2D eigenvalue weighted by Gasteiger charge is 2.19. The van der Waals surface area contributed by atoms with E-state index in [-0.39, 0.29) is 5.56 Å². The molecule has 19 heavy (non-hydrogen) atoms. The molecular weight excluding hydrogens is 246 g/mol. The third-order valence-electron chi connectivity index (χ3n) is 3.12. The van der Waals surface area contributed by atoms with E-state index in [0.29, 0.717) is 18.5 Å². The Bertz CT molecular complexity index is 405. The van der Waals surface area contributed by atoms with Crippen molar-refractivity contribution in [2.75, 3.05) is 13.1 Å². The Balaban J connectivity index is 2.81. The molecule has 0 amide bonds. The first-order valence-electron chi connectivity index (χ1n) is 6.75. The van der Waals surface area contributed by atoms with Gasteiger partial charge in [0.1, 0.15) is 11.6 Å². The number of benzene rings is 1. The lowest BCUT2D eigenvalue weighted by atomic mass is 10.0. The quantitative estimate of drug-likeness (QED) is 0.859. The summed E-state index contributed by atoms with van der Waals surface area (Å²) in [6.07, 6.45) is 0. The van der Waals surface area contributed by atoms with Gasteiger partial charge in [-0.2, -0.15) is 0 Å². The summed E-state index contributed by atoms with van der Waals surface area (Å²) in [5.41, 5.74) is 6.28. The van der Waals surface area contributed by atoms with Gasteiger partial charge in [-0.1, -0.05) is 13.8 Å². The van der Waals surface area contributed by atoms with Gasteiger partial charge in [-0.15, -0.1) is 0 Å². The topological polar surface area (TPSA) is 29.3 Å². The second-order valence-corrected chi connectivity index (χ2v) is 5.71. The second kappa shape index (κ2) is 6.96. The SMILES string of the molecule is CC(C)CN(CC(N)c1cc(F)ccc1F)C(C)C. The molecule has 0 bridgehead atoms. The van der Waals surface area contributed by atoms with Crippen LogP contribution in [0.2, 0.25) is 0 Å². The first-order chi connectivity index (χ1) is 8.81. The average Bonchev–Trinajstić information content (AvgIpc) is 2.30. The molecule has 1 aromatic rings. The molecule has 108 valence electrons. The van der Waals surface area contributed by atoms with Crippen LogP contribution < -0.4 is 5.73 Å². The fourth-order valence-electron chi connectivity index (χ4n) is 2.11.